The molecular formula is C17H24FNO4S. The van der Waals surface area contributed by atoms with E-state index in [0.29, 0.717) is 19.6 Å². The van der Waals surface area contributed by atoms with E-state index in [-0.39, 0.29) is 29.8 Å². The Kier molecular flexibility index (Phi) is 4.97. The third-order valence-corrected chi connectivity index (χ3v) is 7.37. The highest BCUT2D eigenvalue weighted by Gasteiger charge is 2.47. The van der Waals surface area contributed by atoms with Gasteiger partial charge in [0.25, 0.3) is 0 Å². The van der Waals surface area contributed by atoms with Crippen LogP contribution in [0.25, 0.3) is 0 Å². The van der Waals surface area contributed by atoms with Crippen LogP contribution in [0, 0.1) is 17.7 Å². The van der Waals surface area contributed by atoms with E-state index in [4.69, 9.17) is 4.74 Å². The van der Waals surface area contributed by atoms with Crippen molar-refractivity contribution < 1.29 is 22.7 Å². The highest BCUT2D eigenvalue weighted by atomic mass is 32.2. The Morgan fingerprint density at radius 2 is 1.96 bits per heavy atom. The molecule has 0 aliphatic carbocycles. The summed E-state index contributed by atoms with van der Waals surface area (Å²) in [6.45, 7) is 3.55. The van der Waals surface area contributed by atoms with Crippen molar-refractivity contribution in [2.24, 2.45) is 11.8 Å². The third-order valence-electron chi connectivity index (χ3n) is 5.48. The summed E-state index contributed by atoms with van der Waals surface area (Å²) in [7, 11) is -3.88. The molecule has 1 N–H and O–H groups in total. The number of aliphatic hydroxyl groups is 1. The number of hydrogen-bond donors (Lipinski definition) is 1. The average molecular weight is 357 g/mol. The zero-order valence-corrected chi connectivity index (χ0v) is 14.6. The molecule has 2 heterocycles. The van der Waals surface area contributed by atoms with Gasteiger partial charge in [-0.2, -0.15) is 4.31 Å². The number of piperidine rings is 1. The van der Waals surface area contributed by atoms with E-state index in [1.165, 1.54) is 22.5 Å². The second-order valence-corrected chi connectivity index (χ2v) is 8.73. The molecule has 0 aromatic heterocycles. The molecule has 24 heavy (non-hydrogen) atoms. The first-order chi connectivity index (χ1) is 11.4. The first kappa shape index (κ1) is 17.8. The van der Waals surface area contributed by atoms with Crippen LogP contribution in [0.1, 0.15) is 26.2 Å². The molecule has 2 saturated heterocycles. The lowest BCUT2D eigenvalue weighted by molar-refractivity contribution is -0.121. The van der Waals surface area contributed by atoms with Gasteiger partial charge in [-0.05, 0) is 43.2 Å². The van der Waals surface area contributed by atoms with E-state index in [1.54, 1.807) is 0 Å². The minimum absolute atomic E-state index is 0.125. The number of ether oxygens (including phenoxy) is 1. The van der Waals surface area contributed by atoms with Crippen LogP contribution in [0.5, 0.6) is 0 Å². The quantitative estimate of drug-likeness (QED) is 0.899. The monoisotopic (exact) mass is 357 g/mol. The van der Waals surface area contributed by atoms with Crippen molar-refractivity contribution in [3.05, 3.63) is 30.1 Å². The highest BCUT2D eigenvalue weighted by Crippen LogP contribution is 2.40. The summed E-state index contributed by atoms with van der Waals surface area (Å²) >= 11 is 0. The summed E-state index contributed by atoms with van der Waals surface area (Å²) in [5.74, 6) is -0.828. The van der Waals surface area contributed by atoms with Crippen molar-refractivity contribution in [1.82, 2.24) is 4.31 Å². The Labute approximate surface area is 142 Å². The fourth-order valence-electron chi connectivity index (χ4n) is 3.92. The van der Waals surface area contributed by atoms with Gasteiger partial charge in [-0.25, -0.2) is 12.8 Å². The average Bonchev–Trinajstić information content (AvgIpc) is 2.58. The predicted molar refractivity (Wildman–Crippen MR) is 87.4 cm³/mol. The number of rotatable bonds is 3. The first-order valence-electron chi connectivity index (χ1n) is 8.40. The Bertz CT molecular complexity index is 690. The summed E-state index contributed by atoms with van der Waals surface area (Å²) in [5.41, 5.74) is -0.884. The SMILES string of the molecule is CC1CN(S(=O)(=O)c2ccccc2F)CCC1(O)C1CCOCC1. The summed E-state index contributed by atoms with van der Waals surface area (Å²) in [5, 5.41) is 11.1. The lowest BCUT2D eigenvalue weighted by Crippen LogP contribution is -2.56. The lowest BCUT2D eigenvalue weighted by atomic mass is 9.70. The van der Waals surface area contributed by atoms with Crippen molar-refractivity contribution >= 4 is 10.0 Å². The van der Waals surface area contributed by atoms with E-state index in [0.717, 1.165) is 18.9 Å². The number of halogens is 1. The summed E-state index contributed by atoms with van der Waals surface area (Å²) < 4.78 is 46.0. The molecule has 5 nitrogen and oxygen atoms in total. The number of nitrogens with zero attached hydrogens (tertiary/aromatic N) is 1. The molecule has 2 unspecified atom stereocenters. The standard InChI is InChI=1S/C17H24FNO4S/c1-13-12-19(24(21,22)16-5-3-2-4-15(16)18)9-8-17(13,20)14-6-10-23-11-7-14/h2-5,13-14,20H,6-12H2,1H3. The maximum atomic E-state index is 13.9. The molecule has 2 fully saturated rings. The Morgan fingerprint density at radius 3 is 2.58 bits per heavy atom. The zero-order valence-electron chi connectivity index (χ0n) is 13.8. The van der Waals surface area contributed by atoms with Gasteiger partial charge in [-0.15, -0.1) is 0 Å². The van der Waals surface area contributed by atoms with E-state index in [9.17, 15) is 17.9 Å². The van der Waals surface area contributed by atoms with Gasteiger partial charge in [0.2, 0.25) is 10.0 Å². The van der Waals surface area contributed by atoms with Crippen LogP contribution in [-0.4, -0.2) is 49.7 Å². The topological polar surface area (TPSA) is 66.8 Å². The predicted octanol–water partition coefficient (Wildman–Crippen LogP) is 2.01. The van der Waals surface area contributed by atoms with Crippen LogP contribution in [0.2, 0.25) is 0 Å². The van der Waals surface area contributed by atoms with Gasteiger partial charge in [-0.3, -0.25) is 0 Å². The van der Waals surface area contributed by atoms with Crippen molar-refractivity contribution in [2.45, 2.75) is 36.7 Å². The van der Waals surface area contributed by atoms with Gasteiger partial charge in [0.15, 0.2) is 0 Å². The van der Waals surface area contributed by atoms with Gasteiger partial charge in [0.05, 0.1) is 5.60 Å². The molecular weight excluding hydrogens is 333 g/mol. The van der Waals surface area contributed by atoms with Crippen LogP contribution in [0.15, 0.2) is 29.2 Å². The molecule has 0 radical (unpaired) electrons. The van der Waals surface area contributed by atoms with E-state index < -0.39 is 21.4 Å². The molecule has 2 aliphatic rings. The van der Waals surface area contributed by atoms with Crippen molar-refractivity contribution in [3.63, 3.8) is 0 Å². The minimum atomic E-state index is -3.88. The summed E-state index contributed by atoms with van der Waals surface area (Å²) in [6.07, 6.45) is 1.95. The molecule has 0 bridgehead atoms. The van der Waals surface area contributed by atoms with Gasteiger partial charge in [0.1, 0.15) is 10.7 Å². The van der Waals surface area contributed by atoms with Crippen LogP contribution in [0.4, 0.5) is 4.39 Å². The molecule has 1 aromatic rings. The molecule has 2 aliphatic heterocycles. The molecule has 3 rings (SSSR count). The number of benzene rings is 1. The van der Waals surface area contributed by atoms with Crippen LogP contribution < -0.4 is 0 Å². The van der Waals surface area contributed by atoms with Crippen LogP contribution >= 0.6 is 0 Å². The van der Waals surface area contributed by atoms with E-state index in [1.807, 2.05) is 6.92 Å². The number of sulfonamides is 1. The summed E-state index contributed by atoms with van der Waals surface area (Å²) in [4.78, 5) is -0.297. The molecule has 0 spiro atoms. The molecule has 134 valence electrons. The van der Waals surface area contributed by atoms with Gasteiger partial charge in [-0.1, -0.05) is 19.1 Å². The molecule has 0 amide bonds. The molecule has 2 atom stereocenters. The second-order valence-electron chi connectivity index (χ2n) is 6.82. The first-order valence-corrected chi connectivity index (χ1v) is 9.84. The fraction of sp³-hybridized carbons (Fsp3) is 0.647. The molecule has 7 heteroatoms. The highest BCUT2D eigenvalue weighted by molar-refractivity contribution is 7.89. The largest absolute Gasteiger partial charge is 0.389 e. The van der Waals surface area contributed by atoms with Crippen molar-refractivity contribution in [2.75, 3.05) is 26.3 Å². The fourth-order valence-corrected chi connectivity index (χ4v) is 5.51. The van der Waals surface area contributed by atoms with Crippen LogP contribution in [0.3, 0.4) is 0 Å². The van der Waals surface area contributed by atoms with Gasteiger partial charge >= 0.3 is 0 Å². The number of hydrogen-bond acceptors (Lipinski definition) is 4. The molecule has 0 saturated carbocycles. The Balaban J connectivity index is 1.79. The smallest absolute Gasteiger partial charge is 0.245 e. The Morgan fingerprint density at radius 1 is 1.29 bits per heavy atom. The molecule has 1 aromatic carbocycles. The second kappa shape index (κ2) is 6.71. The lowest BCUT2D eigenvalue weighted by Gasteiger charge is -2.48. The maximum absolute atomic E-state index is 13.9. The maximum Gasteiger partial charge on any atom is 0.245 e. The minimum Gasteiger partial charge on any atom is -0.389 e. The Hall–Kier alpha value is -1.02. The van der Waals surface area contributed by atoms with E-state index >= 15 is 0 Å². The van der Waals surface area contributed by atoms with Gasteiger partial charge in [0, 0.05) is 26.3 Å². The van der Waals surface area contributed by atoms with Crippen molar-refractivity contribution in [1.29, 1.82) is 0 Å². The van der Waals surface area contributed by atoms with Crippen LogP contribution in [-0.2, 0) is 14.8 Å². The van der Waals surface area contributed by atoms with E-state index in [2.05, 4.69) is 0 Å². The van der Waals surface area contributed by atoms with Gasteiger partial charge < -0.3 is 9.84 Å². The zero-order chi connectivity index (χ0) is 17.4. The normalized spacial score (nSPS) is 30.4. The third kappa shape index (κ3) is 3.10. The van der Waals surface area contributed by atoms with Crippen molar-refractivity contribution in [3.8, 4) is 0 Å². The summed E-state index contributed by atoms with van der Waals surface area (Å²) in [6, 6.07) is 5.42.